The monoisotopic (exact) mass is 667 g/mol. The Hall–Kier alpha value is -6.98. The molecule has 6 aromatic carbocycles. The van der Waals surface area contributed by atoms with E-state index in [1.807, 2.05) is 24.8 Å². The Morgan fingerprint density at radius 2 is 0.846 bits per heavy atom. The molecule has 0 aliphatic rings. The summed E-state index contributed by atoms with van der Waals surface area (Å²) in [5.74, 6) is 0. The fourth-order valence-electron chi connectivity index (χ4n) is 7.76. The molecule has 10 aromatic rings. The first-order valence-corrected chi connectivity index (χ1v) is 17.6. The summed E-state index contributed by atoms with van der Waals surface area (Å²) in [5.41, 5.74) is 13.2. The molecule has 5 heteroatoms. The van der Waals surface area contributed by atoms with E-state index < -0.39 is 0 Å². The van der Waals surface area contributed by atoms with Crippen LogP contribution in [0.1, 0.15) is 5.56 Å². The largest absolute Gasteiger partial charge is 0.310 e. The van der Waals surface area contributed by atoms with Crippen LogP contribution in [-0.2, 0) is 0 Å². The summed E-state index contributed by atoms with van der Waals surface area (Å²) in [7, 11) is 0. The summed E-state index contributed by atoms with van der Waals surface area (Å²) in [6.07, 6.45) is 7.77. The Morgan fingerprint density at radius 1 is 0.385 bits per heavy atom. The van der Waals surface area contributed by atoms with Crippen LogP contribution in [0.15, 0.2) is 183 Å². The van der Waals surface area contributed by atoms with Gasteiger partial charge in [0.05, 0.1) is 45.8 Å². The molecular formula is C47H33N5. The standard InChI is InChI=1S/C47H33N5/c1-32-20-22-46-42(24-32)40-16-8-10-18-44(40)51(46)38-25-33(28-48-30-38)34-26-39(31-49-29-34)52-45-19-11-9-17-41(45)43-27-37(21-23-47(43)52)50(35-12-4-2-5-13-35)36-14-6-3-7-15-36/h2-31H,1H3. The minimum absolute atomic E-state index is 0.997. The maximum atomic E-state index is 4.79. The molecule has 0 radical (unpaired) electrons. The predicted molar refractivity (Wildman–Crippen MR) is 216 cm³/mol. The molecule has 0 aliphatic carbocycles. The van der Waals surface area contributed by atoms with Crippen molar-refractivity contribution in [2.75, 3.05) is 4.90 Å². The molecule has 0 spiro atoms. The van der Waals surface area contributed by atoms with Gasteiger partial charge in [-0.2, -0.15) is 0 Å². The van der Waals surface area contributed by atoms with E-state index in [9.17, 15) is 0 Å². The number of fused-ring (bicyclic) bond motifs is 6. The number of benzene rings is 6. The number of aryl methyl sites for hydroxylation is 1. The van der Waals surface area contributed by atoms with Gasteiger partial charge in [-0.1, -0.05) is 84.4 Å². The van der Waals surface area contributed by atoms with E-state index in [1.54, 1.807) is 0 Å². The van der Waals surface area contributed by atoms with Gasteiger partial charge in [-0.25, -0.2) is 0 Å². The van der Waals surface area contributed by atoms with Crippen LogP contribution in [0, 0.1) is 6.92 Å². The molecule has 0 bridgehead atoms. The summed E-state index contributed by atoms with van der Waals surface area (Å²) < 4.78 is 4.64. The molecule has 4 aromatic heterocycles. The van der Waals surface area contributed by atoms with Crippen molar-refractivity contribution < 1.29 is 0 Å². The zero-order valence-electron chi connectivity index (χ0n) is 28.6. The van der Waals surface area contributed by atoms with Gasteiger partial charge >= 0.3 is 0 Å². The molecule has 0 unspecified atom stereocenters. The van der Waals surface area contributed by atoms with Crippen molar-refractivity contribution in [1.29, 1.82) is 0 Å². The van der Waals surface area contributed by atoms with Crippen molar-refractivity contribution >= 4 is 60.7 Å². The number of hydrogen-bond acceptors (Lipinski definition) is 3. The van der Waals surface area contributed by atoms with Crippen LogP contribution in [0.5, 0.6) is 0 Å². The van der Waals surface area contributed by atoms with Gasteiger partial charge in [0.2, 0.25) is 0 Å². The normalized spacial score (nSPS) is 11.6. The van der Waals surface area contributed by atoms with Gasteiger partial charge in [0, 0.05) is 62.1 Å². The van der Waals surface area contributed by atoms with Crippen molar-refractivity contribution in [2.24, 2.45) is 0 Å². The van der Waals surface area contributed by atoms with Crippen LogP contribution in [0.25, 0.3) is 66.1 Å². The van der Waals surface area contributed by atoms with Crippen molar-refractivity contribution in [3.8, 4) is 22.5 Å². The smallest absolute Gasteiger partial charge is 0.0651 e. The van der Waals surface area contributed by atoms with E-state index in [4.69, 9.17) is 9.97 Å². The van der Waals surface area contributed by atoms with E-state index in [0.717, 1.165) is 56.1 Å². The number of hydrogen-bond donors (Lipinski definition) is 0. The van der Waals surface area contributed by atoms with Crippen LogP contribution < -0.4 is 4.90 Å². The third-order valence-electron chi connectivity index (χ3n) is 10.1. The first-order chi connectivity index (χ1) is 25.7. The highest BCUT2D eigenvalue weighted by atomic mass is 15.1. The van der Waals surface area contributed by atoms with E-state index in [0.29, 0.717) is 0 Å². The lowest BCUT2D eigenvalue weighted by molar-refractivity contribution is 1.13. The maximum Gasteiger partial charge on any atom is 0.0651 e. The van der Waals surface area contributed by atoms with E-state index in [2.05, 4.69) is 179 Å². The van der Waals surface area contributed by atoms with E-state index >= 15 is 0 Å². The molecule has 0 atom stereocenters. The highest BCUT2D eigenvalue weighted by Gasteiger charge is 2.18. The maximum absolute atomic E-state index is 4.79. The average molecular weight is 668 g/mol. The average Bonchev–Trinajstić information content (AvgIpc) is 3.71. The molecule has 4 heterocycles. The summed E-state index contributed by atoms with van der Waals surface area (Å²) >= 11 is 0. The first kappa shape index (κ1) is 29.9. The van der Waals surface area contributed by atoms with Crippen LogP contribution in [0.4, 0.5) is 17.1 Å². The van der Waals surface area contributed by atoms with Crippen molar-refractivity contribution in [1.82, 2.24) is 19.1 Å². The Kier molecular flexibility index (Phi) is 6.96. The van der Waals surface area contributed by atoms with Crippen molar-refractivity contribution in [3.63, 3.8) is 0 Å². The van der Waals surface area contributed by atoms with Crippen LogP contribution in [-0.4, -0.2) is 19.1 Å². The van der Waals surface area contributed by atoms with Crippen molar-refractivity contribution in [2.45, 2.75) is 6.92 Å². The minimum Gasteiger partial charge on any atom is -0.310 e. The topological polar surface area (TPSA) is 38.9 Å². The van der Waals surface area contributed by atoms with Crippen molar-refractivity contribution in [3.05, 3.63) is 188 Å². The first-order valence-electron chi connectivity index (χ1n) is 17.6. The Labute approximate surface area is 301 Å². The second kappa shape index (κ2) is 12.1. The number of anilines is 3. The van der Waals surface area contributed by atoms with Gasteiger partial charge in [-0.15, -0.1) is 0 Å². The summed E-state index contributed by atoms with van der Waals surface area (Å²) in [6.45, 7) is 2.15. The molecule has 10 rings (SSSR count). The third-order valence-corrected chi connectivity index (χ3v) is 10.1. The number of pyridine rings is 2. The predicted octanol–water partition coefficient (Wildman–Crippen LogP) is 12.1. The molecule has 0 N–H and O–H groups in total. The van der Waals surface area contributed by atoms with Gasteiger partial charge in [-0.3, -0.25) is 9.97 Å². The Balaban J connectivity index is 1.11. The lowest BCUT2D eigenvalue weighted by Gasteiger charge is -2.25. The molecule has 246 valence electrons. The second-order valence-corrected chi connectivity index (χ2v) is 13.3. The fraction of sp³-hybridized carbons (Fsp3) is 0.0213. The molecule has 0 saturated carbocycles. The summed E-state index contributed by atoms with van der Waals surface area (Å²) in [5, 5.41) is 4.85. The Bertz CT molecular complexity index is 2880. The second-order valence-electron chi connectivity index (χ2n) is 13.3. The van der Waals surface area contributed by atoms with Gasteiger partial charge in [0.1, 0.15) is 0 Å². The lowest BCUT2D eigenvalue weighted by Crippen LogP contribution is -2.09. The summed E-state index contributed by atoms with van der Waals surface area (Å²) in [4.78, 5) is 11.9. The fourth-order valence-corrected chi connectivity index (χ4v) is 7.76. The molecule has 0 amide bonds. The molecule has 0 saturated heterocycles. The van der Waals surface area contributed by atoms with E-state index in [-0.39, 0.29) is 0 Å². The molecule has 0 aliphatic heterocycles. The quantitative estimate of drug-likeness (QED) is 0.177. The Morgan fingerprint density at radius 3 is 1.40 bits per heavy atom. The van der Waals surface area contributed by atoms with Gasteiger partial charge in [0.15, 0.2) is 0 Å². The zero-order chi connectivity index (χ0) is 34.6. The number of rotatable bonds is 6. The zero-order valence-corrected chi connectivity index (χ0v) is 28.6. The SMILES string of the molecule is Cc1ccc2c(c1)c1ccccc1n2-c1cncc(-c2cncc(-n3c4ccccc4c4cc(N(c5ccccc5)c5ccccc5)ccc43)c2)c1. The number of aromatic nitrogens is 4. The number of para-hydroxylation sites is 4. The molecular weight excluding hydrogens is 635 g/mol. The highest BCUT2D eigenvalue weighted by Crippen LogP contribution is 2.40. The van der Waals surface area contributed by atoms with Gasteiger partial charge in [0.25, 0.3) is 0 Å². The molecule has 5 nitrogen and oxygen atoms in total. The minimum atomic E-state index is 0.997. The van der Waals surface area contributed by atoms with Crippen LogP contribution in [0.2, 0.25) is 0 Å². The highest BCUT2D eigenvalue weighted by molar-refractivity contribution is 6.11. The number of nitrogens with zero attached hydrogens (tertiary/aromatic N) is 5. The third kappa shape index (κ3) is 4.86. The van der Waals surface area contributed by atoms with Gasteiger partial charge in [-0.05, 0) is 85.8 Å². The molecule has 0 fully saturated rings. The van der Waals surface area contributed by atoms with Crippen LogP contribution >= 0.6 is 0 Å². The molecule has 52 heavy (non-hydrogen) atoms. The van der Waals surface area contributed by atoms with Gasteiger partial charge < -0.3 is 14.0 Å². The van der Waals surface area contributed by atoms with Crippen LogP contribution in [0.3, 0.4) is 0 Å². The van der Waals surface area contributed by atoms with E-state index in [1.165, 1.54) is 32.6 Å². The summed E-state index contributed by atoms with van der Waals surface area (Å²) in [6, 6.07) is 56.2. The lowest BCUT2D eigenvalue weighted by atomic mass is 10.1.